The molecule has 0 unspecified atom stereocenters. The van der Waals surface area contributed by atoms with Crippen LogP contribution >= 0.6 is 11.6 Å². The molecule has 1 aromatic heterocycles. The standard InChI is InChI=1S/C12H13ClN2/c1-15-8-11(13)6-12(15)10-4-2-9(7-14)3-5-10/h2-6,8H,7,14H2,1H3. The summed E-state index contributed by atoms with van der Waals surface area (Å²) in [4.78, 5) is 0. The van der Waals surface area contributed by atoms with Gasteiger partial charge in [0, 0.05) is 25.5 Å². The van der Waals surface area contributed by atoms with Gasteiger partial charge in [0.05, 0.1) is 5.02 Å². The van der Waals surface area contributed by atoms with Gasteiger partial charge in [-0.2, -0.15) is 0 Å². The summed E-state index contributed by atoms with van der Waals surface area (Å²) < 4.78 is 2.01. The molecule has 0 amide bonds. The molecule has 15 heavy (non-hydrogen) atoms. The van der Waals surface area contributed by atoms with Crippen molar-refractivity contribution in [3.8, 4) is 11.3 Å². The van der Waals surface area contributed by atoms with E-state index in [9.17, 15) is 0 Å². The molecular formula is C12H13ClN2. The first kappa shape index (κ1) is 10.3. The van der Waals surface area contributed by atoms with Gasteiger partial charge in [-0.25, -0.2) is 0 Å². The Morgan fingerprint density at radius 1 is 1.27 bits per heavy atom. The van der Waals surface area contributed by atoms with Crippen LogP contribution in [0.25, 0.3) is 11.3 Å². The van der Waals surface area contributed by atoms with E-state index in [0.29, 0.717) is 6.54 Å². The van der Waals surface area contributed by atoms with E-state index < -0.39 is 0 Å². The second kappa shape index (κ2) is 4.09. The average molecular weight is 221 g/mol. The molecule has 0 aliphatic rings. The van der Waals surface area contributed by atoms with Crippen LogP contribution in [0.1, 0.15) is 5.56 Å². The first-order chi connectivity index (χ1) is 7.20. The summed E-state index contributed by atoms with van der Waals surface area (Å²) in [5, 5.41) is 0.760. The van der Waals surface area contributed by atoms with E-state index in [4.69, 9.17) is 17.3 Å². The van der Waals surface area contributed by atoms with Gasteiger partial charge in [-0.3, -0.25) is 0 Å². The van der Waals surface area contributed by atoms with Crippen molar-refractivity contribution < 1.29 is 0 Å². The fourth-order valence-corrected chi connectivity index (χ4v) is 1.87. The summed E-state index contributed by atoms with van der Waals surface area (Å²) in [6.45, 7) is 0.578. The van der Waals surface area contributed by atoms with Crippen LogP contribution < -0.4 is 5.73 Å². The van der Waals surface area contributed by atoms with E-state index in [1.54, 1.807) is 0 Å². The number of nitrogens with two attached hydrogens (primary N) is 1. The summed E-state index contributed by atoms with van der Waals surface area (Å²) >= 11 is 5.93. The normalized spacial score (nSPS) is 10.6. The molecule has 0 fully saturated rings. The number of aryl methyl sites for hydroxylation is 1. The number of aromatic nitrogens is 1. The Kier molecular flexibility index (Phi) is 2.80. The second-order valence-electron chi connectivity index (χ2n) is 3.56. The van der Waals surface area contributed by atoms with Crippen molar-refractivity contribution in [2.75, 3.05) is 0 Å². The highest BCUT2D eigenvalue weighted by molar-refractivity contribution is 6.30. The Labute approximate surface area is 94.3 Å². The molecule has 0 radical (unpaired) electrons. The SMILES string of the molecule is Cn1cc(Cl)cc1-c1ccc(CN)cc1. The molecule has 2 aromatic rings. The molecule has 2 nitrogen and oxygen atoms in total. The van der Waals surface area contributed by atoms with Crippen LogP contribution in [0.2, 0.25) is 5.02 Å². The summed E-state index contributed by atoms with van der Waals surface area (Å²) in [6.07, 6.45) is 1.90. The Hall–Kier alpha value is -1.25. The van der Waals surface area contributed by atoms with Crippen molar-refractivity contribution in [3.63, 3.8) is 0 Å². The molecule has 0 bridgehead atoms. The van der Waals surface area contributed by atoms with Gasteiger partial charge >= 0.3 is 0 Å². The van der Waals surface area contributed by atoms with Crippen LogP contribution in [0.5, 0.6) is 0 Å². The lowest BCUT2D eigenvalue weighted by molar-refractivity contribution is 0.937. The fourth-order valence-electron chi connectivity index (χ4n) is 1.62. The topological polar surface area (TPSA) is 30.9 Å². The van der Waals surface area contributed by atoms with E-state index >= 15 is 0 Å². The Morgan fingerprint density at radius 3 is 2.40 bits per heavy atom. The number of benzene rings is 1. The van der Waals surface area contributed by atoms with Gasteiger partial charge in [-0.05, 0) is 17.2 Å². The first-order valence-electron chi connectivity index (χ1n) is 4.82. The van der Waals surface area contributed by atoms with Crippen molar-refractivity contribution >= 4 is 11.6 Å². The Bertz CT molecular complexity index is 457. The highest BCUT2D eigenvalue weighted by atomic mass is 35.5. The quantitative estimate of drug-likeness (QED) is 0.829. The molecule has 2 N–H and O–H groups in total. The van der Waals surface area contributed by atoms with Crippen LogP contribution in [0.3, 0.4) is 0 Å². The molecule has 0 spiro atoms. The molecule has 0 aliphatic heterocycles. The molecule has 0 saturated carbocycles. The third kappa shape index (κ3) is 2.06. The minimum atomic E-state index is 0.578. The van der Waals surface area contributed by atoms with Crippen LogP contribution in [0.15, 0.2) is 36.5 Å². The molecule has 0 atom stereocenters. The van der Waals surface area contributed by atoms with Gasteiger partial charge in [-0.15, -0.1) is 0 Å². The second-order valence-corrected chi connectivity index (χ2v) is 3.99. The number of hydrogen-bond donors (Lipinski definition) is 1. The molecule has 0 saturated heterocycles. The largest absolute Gasteiger partial charge is 0.349 e. The maximum absolute atomic E-state index is 5.93. The highest BCUT2D eigenvalue weighted by Gasteiger charge is 2.03. The monoisotopic (exact) mass is 220 g/mol. The molecule has 1 aromatic carbocycles. The summed E-state index contributed by atoms with van der Waals surface area (Å²) in [5.41, 5.74) is 8.95. The molecule has 1 heterocycles. The molecule has 0 aliphatic carbocycles. The minimum absolute atomic E-state index is 0.578. The van der Waals surface area contributed by atoms with E-state index in [1.165, 1.54) is 0 Å². The zero-order valence-electron chi connectivity index (χ0n) is 8.57. The van der Waals surface area contributed by atoms with Crippen molar-refractivity contribution in [1.82, 2.24) is 4.57 Å². The molecule has 3 heteroatoms. The maximum Gasteiger partial charge on any atom is 0.0589 e. The zero-order valence-corrected chi connectivity index (χ0v) is 9.33. The number of hydrogen-bond acceptors (Lipinski definition) is 1. The maximum atomic E-state index is 5.93. The summed E-state index contributed by atoms with van der Waals surface area (Å²) in [5.74, 6) is 0. The van der Waals surface area contributed by atoms with Gasteiger partial charge in [0.15, 0.2) is 0 Å². The first-order valence-corrected chi connectivity index (χ1v) is 5.20. The summed E-state index contributed by atoms with van der Waals surface area (Å²) in [7, 11) is 1.98. The minimum Gasteiger partial charge on any atom is -0.349 e. The smallest absolute Gasteiger partial charge is 0.0589 e. The number of halogens is 1. The molecular weight excluding hydrogens is 208 g/mol. The molecule has 2 rings (SSSR count). The Morgan fingerprint density at radius 2 is 1.93 bits per heavy atom. The van der Waals surface area contributed by atoms with Gasteiger partial charge in [0.1, 0.15) is 0 Å². The summed E-state index contributed by atoms with van der Waals surface area (Å²) in [6, 6.07) is 10.2. The van der Waals surface area contributed by atoms with Gasteiger partial charge in [0.25, 0.3) is 0 Å². The van der Waals surface area contributed by atoms with E-state index in [1.807, 2.05) is 36.0 Å². The number of nitrogens with zero attached hydrogens (tertiary/aromatic N) is 1. The Balaban J connectivity index is 2.41. The number of rotatable bonds is 2. The molecule has 78 valence electrons. The average Bonchev–Trinajstić information content (AvgIpc) is 2.58. The lowest BCUT2D eigenvalue weighted by atomic mass is 10.1. The van der Waals surface area contributed by atoms with Crippen LogP contribution in [0.4, 0.5) is 0 Å². The van der Waals surface area contributed by atoms with Crippen molar-refractivity contribution in [2.45, 2.75) is 6.54 Å². The van der Waals surface area contributed by atoms with Crippen LogP contribution in [-0.4, -0.2) is 4.57 Å². The van der Waals surface area contributed by atoms with Gasteiger partial charge in [0.2, 0.25) is 0 Å². The third-order valence-electron chi connectivity index (χ3n) is 2.46. The predicted molar refractivity (Wildman–Crippen MR) is 63.8 cm³/mol. The van der Waals surface area contributed by atoms with Crippen molar-refractivity contribution in [3.05, 3.63) is 47.1 Å². The lowest BCUT2D eigenvalue weighted by Crippen LogP contribution is -1.96. The highest BCUT2D eigenvalue weighted by Crippen LogP contribution is 2.24. The van der Waals surface area contributed by atoms with E-state index in [0.717, 1.165) is 21.8 Å². The van der Waals surface area contributed by atoms with Crippen LogP contribution in [-0.2, 0) is 13.6 Å². The third-order valence-corrected chi connectivity index (χ3v) is 2.66. The van der Waals surface area contributed by atoms with Crippen LogP contribution in [0, 0.1) is 0 Å². The predicted octanol–water partition coefficient (Wildman–Crippen LogP) is 2.80. The van der Waals surface area contributed by atoms with E-state index in [-0.39, 0.29) is 0 Å². The van der Waals surface area contributed by atoms with E-state index in [2.05, 4.69) is 12.1 Å². The van der Waals surface area contributed by atoms with Crippen molar-refractivity contribution in [2.24, 2.45) is 12.8 Å². The zero-order chi connectivity index (χ0) is 10.8. The van der Waals surface area contributed by atoms with Crippen molar-refractivity contribution in [1.29, 1.82) is 0 Å². The van der Waals surface area contributed by atoms with Gasteiger partial charge in [-0.1, -0.05) is 35.9 Å². The fraction of sp³-hybridized carbons (Fsp3) is 0.167. The van der Waals surface area contributed by atoms with Gasteiger partial charge < -0.3 is 10.3 Å². The lowest BCUT2D eigenvalue weighted by Gasteiger charge is -2.04.